The molecule has 0 unspecified atom stereocenters. The Hall–Kier alpha value is -2.26. The first-order chi connectivity index (χ1) is 12.1. The molecule has 1 aromatic heterocycles. The van der Waals surface area contributed by atoms with E-state index in [1.165, 1.54) is 6.08 Å². The summed E-state index contributed by atoms with van der Waals surface area (Å²) >= 11 is 0.779. The molecule has 0 aromatic carbocycles. The van der Waals surface area contributed by atoms with Crippen LogP contribution in [-0.2, 0) is 19.1 Å². The van der Waals surface area contributed by atoms with Crippen molar-refractivity contribution in [1.82, 2.24) is 4.90 Å². The van der Waals surface area contributed by atoms with Gasteiger partial charge in [0.2, 0.25) is 0 Å². The molecular weight excluding hydrogens is 348 g/mol. The van der Waals surface area contributed by atoms with Gasteiger partial charge in [-0.2, -0.15) is 0 Å². The van der Waals surface area contributed by atoms with Gasteiger partial charge in [-0.05, 0) is 24.8 Å². The Kier molecular flexibility index (Phi) is 5.44. The molecule has 3 heterocycles. The maximum Gasteiger partial charge on any atom is 0.326 e. The van der Waals surface area contributed by atoms with Crippen molar-refractivity contribution >= 4 is 40.8 Å². The minimum absolute atomic E-state index is 0.196. The van der Waals surface area contributed by atoms with Gasteiger partial charge in [0.1, 0.15) is 12.3 Å². The van der Waals surface area contributed by atoms with Gasteiger partial charge in [0, 0.05) is 25.2 Å². The average molecular weight is 366 g/mol. The van der Waals surface area contributed by atoms with E-state index in [2.05, 4.69) is 0 Å². The number of anilines is 1. The monoisotopic (exact) mass is 366 g/mol. The molecule has 2 aliphatic rings. The second-order valence-electron chi connectivity index (χ2n) is 5.35. The fraction of sp³-hybridized carbons (Fsp3) is 0.438. The fourth-order valence-electron chi connectivity index (χ4n) is 2.47. The summed E-state index contributed by atoms with van der Waals surface area (Å²) in [4.78, 5) is 38.9. The lowest BCUT2D eigenvalue weighted by Crippen LogP contribution is -2.35. The third-order valence-corrected chi connectivity index (χ3v) is 4.58. The summed E-state index contributed by atoms with van der Waals surface area (Å²) in [5.41, 5.74) is 0. The Balaban J connectivity index is 1.69. The van der Waals surface area contributed by atoms with Crippen LogP contribution >= 0.6 is 11.8 Å². The van der Waals surface area contributed by atoms with E-state index in [0.29, 0.717) is 24.9 Å². The van der Waals surface area contributed by atoms with Crippen LogP contribution in [-0.4, -0.2) is 61.5 Å². The first-order valence-corrected chi connectivity index (χ1v) is 8.73. The van der Waals surface area contributed by atoms with Crippen molar-refractivity contribution in [3.63, 3.8) is 0 Å². The van der Waals surface area contributed by atoms with Crippen molar-refractivity contribution < 1.29 is 28.3 Å². The van der Waals surface area contributed by atoms with Crippen molar-refractivity contribution in [2.24, 2.45) is 0 Å². The largest absolute Gasteiger partial charge is 0.465 e. The number of thioether (sulfide) groups is 1. The molecule has 9 heteroatoms. The SMILES string of the molecule is CCOC(=O)CN1C(=O)S/C(=C\c2ccc(N3CCOCC3)o2)C1=O. The summed E-state index contributed by atoms with van der Waals surface area (Å²) in [6, 6.07) is 3.56. The number of esters is 1. The van der Waals surface area contributed by atoms with Crippen LogP contribution in [0.3, 0.4) is 0 Å². The van der Waals surface area contributed by atoms with Gasteiger partial charge < -0.3 is 18.8 Å². The summed E-state index contributed by atoms with van der Waals surface area (Å²) in [5.74, 6) is 0.0365. The highest BCUT2D eigenvalue weighted by molar-refractivity contribution is 8.18. The van der Waals surface area contributed by atoms with Crippen LogP contribution < -0.4 is 4.90 Å². The molecule has 2 fully saturated rings. The topological polar surface area (TPSA) is 89.3 Å². The molecule has 2 saturated heterocycles. The molecule has 0 bridgehead atoms. The fourth-order valence-corrected chi connectivity index (χ4v) is 3.29. The van der Waals surface area contributed by atoms with E-state index < -0.39 is 17.1 Å². The zero-order valence-corrected chi connectivity index (χ0v) is 14.5. The lowest BCUT2D eigenvalue weighted by Gasteiger charge is -2.26. The molecule has 3 rings (SSSR count). The highest BCUT2D eigenvalue weighted by atomic mass is 32.2. The van der Waals surface area contributed by atoms with Gasteiger partial charge in [-0.25, -0.2) is 0 Å². The normalized spacial score (nSPS) is 19.8. The molecule has 2 amide bonds. The first kappa shape index (κ1) is 17.6. The van der Waals surface area contributed by atoms with Crippen molar-refractivity contribution in [3.05, 3.63) is 22.8 Å². The van der Waals surface area contributed by atoms with E-state index in [4.69, 9.17) is 13.9 Å². The molecule has 25 heavy (non-hydrogen) atoms. The number of hydrogen-bond acceptors (Lipinski definition) is 8. The van der Waals surface area contributed by atoms with Crippen molar-refractivity contribution in [3.8, 4) is 0 Å². The van der Waals surface area contributed by atoms with Crippen LogP contribution in [0.15, 0.2) is 21.5 Å². The van der Waals surface area contributed by atoms with Gasteiger partial charge in [0.15, 0.2) is 5.88 Å². The number of carbonyl (C=O) groups is 3. The number of imide groups is 1. The lowest BCUT2D eigenvalue weighted by atomic mass is 10.3. The Morgan fingerprint density at radius 2 is 2.08 bits per heavy atom. The Labute approximate surface area is 148 Å². The first-order valence-electron chi connectivity index (χ1n) is 7.92. The smallest absolute Gasteiger partial charge is 0.326 e. The predicted octanol–water partition coefficient (Wildman–Crippen LogP) is 1.72. The Morgan fingerprint density at radius 1 is 1.32 bits per heavy atom. The molecule has 2 aliphatic heterocycles. The van der Waals surface area contributed by atoms with Gasteiger partial charge in [-0.3, -0.25) is 19.3 Å². The van der Waals surface area contributed by atoms with E-state index in [-0.39, 0.29) is 18.1 Å². The number of nitrogens with zero attached hydrogens (tertiary/aromatic N) is 2. The van der Waals surface area contributed by atoms with E-state index in [1.807, 2.05) is 11.0 Å². The van der Waals surface area contributed by atoms with Crippen LogP contribution in [0.4, 0.5) is 10.7 Å². The van der Waals surface area contributed by atoms with Crippen molar-refractivity contribution in [2.45, 2.75) is 6.92 Å². The number of rotatable bonds is 5. The highest BCUT2D eigenvalue weighted by Crippen LogP contribution is 2.33. The highest BCUT2D eigenvalue weighted by Gasteiger charge is 2.36. The third-order valence-electron chi connectivity index (χ3n) is 3.67. The molecule has 0 spiro atoms. The minimum atomic E-state index is -0.612. The summed E-state index contributed by atoms with van der Waals surface area (Å²) < 4.78 is 15.8. The molecule has 0 N–H and O–H groups in total. The summed E-state index contributed by atoms with van der Waals surface area (Å²) in [6.07, 6.45) is 1.51. The number of amides is 2. The molecule has 0 saturated carbocycles. The maximum atomic E-state index is 12.3. The number of morpholine rings is 1. The van der Waals surface area contributed by atoms with Crippen molar-refractivity contribution in [2.75, 3.05) is 44.4 Å². The second-order valence-corrected chi connectivity index (χ2v) is 6.34. The van der Waals surface area contributed by atoms with Gasteiger partial charge >= 0.3 is 5.97 Å². The van der Waals surface area contributed by atoms with E-state index in [9.17, 15) is 14.4 Å². The zero-order chi connectivity index (χ0) is 17.8. The lowest BCUT2D eigenvalue weighted by molar-refractivity contribution is -0.145. The van der Waals surface area contributed by atoms with Gasteiger partial charge in [0.05, 0.1) is 24.7 Å². The average Bonchev–Trinajstić information content (AvgIpc) is 3.17. The molecule has 0 atom stereocenters. The van der Waals surface area contributed by atoms with Gasteiger partial charge in [-0.15, -0.1) is 0 Å². The standard InChI is InChI=1S/C16H18N2O6S/c1-2-23-14(19)10-18-15(20)12(25-16(18)21)9-11-3-4-13(24-11)17-5-7-22-8-6-17/h3-4,9H,2,5-8,10H2,1H3/b12-9-. The van der Waals surface area contributed by atoms with Crippen LogP contribution in [0.1, 0.15) is 12.7 Å². The molecule has 8 nitrogen and oxygen atoms in total. The molecule has 0 radical (unpaired) electrons. The Morgan fingerprint density at radius 3 is 2.80 bits per heavy atom. The Bertz CT molecular complexity index is 707. The maximum absolute atomic E-state index is 12.3. The van der Waals surface area contributed by atoms with Crippen LogP contribution in [0.25, 0.3) is 6.08 Å². The molecule has 134 valence electrons. The minimum Gasteiger partial charge on any atom is -0.465 e. The van der Waals surface area contributed by atoms with E-state index in [0.717, 1.165) is 29.8 Å². The van der Waals surface area contributed by atoms with Crippen molar-refractivity contribution in [1.29, 1.82) is 0 Å². The number of carbonyl (C=O) groups excluding carboxylic acids is 3. The summed E-state index contributed by atoms with van der Waals surface area (Å²) in [6.45, 7) is 4.24. The predicted molar refractivity (Wildman–Crippen MR) is 91.1 cm³/mol. The zero-order valence-electron chi connectivity index (χ0n) is 13.7. The summed E-state index contributed by atoms with van der Waals surface area (Å²) in [5, 5.41) is -0.496. The molecule has 0 aliphatic carbocycles. The quantitative estimate of drug-likeness (QED) is 0.575. The van der Waals surface area contributed by atoms with Gasteiger partial charge in [-0.1, -0.05) is 0 Å². The van der Waals surface area contributed by atoms with Crippen LogP contribution in [0, 0.1) is 0 Å². The van der Waals surface area contributed by atoms with E-state index in [1.54, 1.807) is 13.0 Å². The van der Waals surface area contributed by atoms with Crippen LogP contribution in [0.2, 0.25) is 0 Å². The second kappa shape index (κ2) is 7.75. The number of hydrogen-bond donors (Lipinski definition) is 0. The molecule has 1 aromatic rings. The van der Waals surface area contributed by atoms with Gasteiger partial charge in [0.25, 0.3) is 11.1 Å². The number of ether oxygens (including phenoxy) is 2. The summed E-state index contributed by atoms with van der Waals surface area (Å²) in [7, 11) is 0. The van der Waals surface area contributed by atoms with E-state index >= 15 is 0 Å². The number of furan rings is 1. The van der Waals surface area contributed by atoms with Crippen LogP contribution in [0.5, 0.6) is 0 Å². The third kappa shape index (κ3) is 4.05. The molecular formula is C16H18N2O6S.